The number of nitrogens with one attached hydrogen (secondary N) is 1. The fraction of sp³-hybridized carbons (Fsp3) is 0.167. The van der Waals surface area contributed by atoms with E-state index in [1.807, 2.05) is 36.4 Å². The van der Waals surface area contributed by atoms with E-state index in [1.165, 1.54) is 10.4 Å². The van der Waals surface area contributed by atoms with E-state index in [-0.39, 0.29) is 17.7 Å². The second kappa shape index (κ2) is 6.42. The van der Waals surface area contributed by atoms with Crippen LogP contribution in [-0.4, -0.2) is 15.3 Å². The van der Waals surface area contributed by atoms with Crippen molar-refractivity contribution in [1.29, 1.82) is 0 Å². The maximum atomic E-state index is 13.5. The van der Waals surface area contributed by atoms with Crippen molar-refractivity contribution < 1.29 is 4.79 Å². The van der Waals surface area contributed by atoms with Gasteiger partial charge in [0.1, 0.15) is 6.04 Å². The molecule has 0 radical (unpaired) electrons. The lowest BCUT2D eigenvalue weighted by Crippen LogP contribution is -2.32. The molecule has 2 aliphatic rings. The normalized spacial score (nSPS) is 21.0. The summed E-state index contributed by atoms with van der Waals surface area (Å²) in [6, 6.07) is 22.6. The van der Waals surface area contributed by atoms with Crippen LogP contribution >= 0.6 is 11.3 Å². The molecular formula is C24H19N3OS. The van der Waals surface area contributed by atoms with Gasteiger partial charge in [0.15, 0.2) is 5.78 Å². The SMILES string of the molecule is O=C1C[C@H](c2ccccc2)CC2=C1[C@@H](c1cccs1)n1c(nc3ccccc31)N2. The first-order valence-corrected chi connectivity index (χ1v) is 10.8. The van der Waals surface area contributed by atoms with Crippen LogP contribution in [0, 0.1) is 0 Å². The lowest BCUT2D eigenvalue weighted by atomic mass is 9.79. The molecule has 0 fully saturated rings. The Morgan fingerprint density at radius 2 is 1.79 bits per heavy atom. The van der Waals surface area contributed by atoms with Gasteiger partial charge >= 0.3 is 0 Å². The van der Waals surface area contributed by atoms with Crippen LogP contribution in [0.4, 0.5) is 5.95 Å². The van der Waals surface area contributed by atoms with Crippen LogP contribution in [0.5, 0.6) is 0 Å². The third-order valence-electron chi connectivity index (χ3n) is 5.98. The molecule has 1 aliphatic carbocycles. The van der Waals surface area contributed by atoms with Gasteiger partial charge in [-0.1, -0.05) is 48.5 Å². The molecule has 0 saturated carbocycles. The van der Waals surface area contributed by atoms with Gasteiger partial charge < -0.3 is 5.32 Å². The maximum absolute atomic E-state index is 13.5. The fourth-order valence-corrected chi connectivity index (χ4v) is 5.53. The number of nitrogens with zero attached hydrogens (tertiary/aromatic N) is 2. The summed E-state index contributed by atoms with van der Waals surface area (Å²) in [6.45, 7) is 0. The predicted molar refractivity (Wildman–Crippen MR) is 116 cm³/mol. The Bertz CT molecular complexity index is 1250. The van der Waals surface area contributed by atoms with Crippen LogP contribution in [-0.2, 0) is 4.79 Å². The monoisotopic (exact) mass is 397 g/mol. The molecule has 0 amide bonds. The molecule has 0 bridgehead atoms. The number of benzene rings is 2. The van der Waals surface area contributed by atoms with E-state index in [0.29, 0.717) is 6.42 Å². The molecule has 6 rings (SSSR count). The van der Waals surface area contributed by atoms with Gasteiger partial charge in [-0.25, -0.2) is 4.98 Å². The summed E-state index contributed by atoms with van der Waals surface area (Å²) in [5.41, 5.74) is 5.15. The van der Waals surface area contributed by atoms with E-state index in [9.17, 15) is 4.79 Å². The number of thiophene rings is 1. The Hall–Kier alpha value is -3.18. The minimum atomic E-state index is -0.113. The molecule has 3 heterocycles. The van der Waals surface area contributed by atoms with Gasteiger partial charge in [-0.15, -0.1) is 11.3 Å². The Morgan fingerprint density at radius 3 is 2.62 bits per heavy atom. The van der Waals surface area contributed by atoms with Crippen LogP contribution in [0.25, 0.3) is 11.0 Å². The first-order valence-electron chi connectivity index (χ1n) is 9.88. The average Bonchev–Trinajstić information content (AvgIpc) is 3.40. The summed E-state index contributed by atoms with van der Waals surface area (Å²) in [7, 11) is 0. The number of imidazole rings is 1. The first-order chi connectivity index (χ1) is 14.3. The molecular weight excluding hydrogens is 378 g/mol. The third-order valence-corrected chi connectivity index (χ3v) is 6.91. The second-order valence-electron chi connectivity index (χ2n) is 7.67. The highest BCUT2D eigenvalue weighted by atomic mass is 32.1. The lowest BCUT2D eigenvalue weighted by Gasteiger charge is -2.35. The summed E-state index contributed by atoms with van der Waals surface area (Å²) in [6.07, 6.45) is 1.38. The zero-order valence-electron chi connectivity index (χ0n) is 15.7. The molecule has 1 N–H and O–H groups in total. The van der Waals surface area contributed by atoms with E-state index >= 15 is 0 Å². The van der Waals surface area contributed by atoms with Crippen molar-refractivity contribution in [2.45, 2.75) is 24.8 Å². The number of para-hydroxylation sites is 2. The largest absolute Gasteiger partial charge is 0.329 e. The van der Waals surface area contributed by atoms with Crippen molar-refractivity contribution in [3.63, 3.8) is 0 Å². The molecule has 0 spiro atoms. The van der Waals surface area contributed by atoms with Crippen LogP contribution in [0.2, 0.25) is 0 Å². The van der Waals surface area contributed by atoms with Gasteiger partial charge in [-0.3, -0.25) is 9.36 Å². The van der Waals surface area contributed by atoms with Crippen LogP contribution < -0.4 is 5.32 Å². The number of carbonyl (C=O) groups excluding carboxylic acids is 1. The number of allylic oxidation sites excluding steroid dienone is 2. The molecule has 5 heteroatoms. The number of Topliss-reactive ketones (excluding diaryl/α,β-unsaturated/α-hetero) is 1. The van der Waals surface area contributed by atoms with Gasteiger partial charge in [0.25, 0.3) is 0 Å². The molecule has 1 aliphatic heterocycles. The maximum Gasteiger partial charge on any atom is 0.209 e. The molecule has 4 aromatic rings. The van der Waals surface area contributed by atoms with E-state index in [2.05, 4.69) is 45.6 Å². The van der Waals surface area contributed by atoms with E-state index < -0.39 is 0 Å². The predicted octanol–water partition coefficient (Wildman–Crippen LogP) is 5.51. The van der Waals surface area contributed by atoms with E-state index in [4.69, 9.17) is 4.98 Å². The summed E-state index contributed by atoms with van der Waals surface area (Å²) in [5, 5.41) is 5.61. The van der Waals surface area contributed by atoms with Gasteiger partial charge in [0, 0.05) is 22.6 Å². The average molecular weight is 398 g/mol. The van der Waals surface area contributed by atoms with Crippen molar-refractivity contribution in [1.82, 2.24) is 9.55 Å². The van der Waals surface area contributed by atoms with Crippen molar-refractivity contribution in [2.75, 3.05) is 5.32 Å². The standard InChI is InChI=1S/C24H19N3OS/c28-20-14-16(15-7-2-1-3-8-15)13-18-22(20)23(21-11-6-12-29-21)27-19-10-5-4-9-17(19)25-24(27)26-18/h1-12,16,23H,13-14H2,(H,25,26)/t16-,23-/m1/s1. The molecule has 2 aromatic heterocycles. The Balaban J connectivity index is 1.53. The summed E-state index contributed by atoms with van der Waals surface area (Å²) in [5.74, 6) is 1.26. The minimum Gasteiger partial charge on any atom is -0.329 e. The highest BCUT2D eigenvalue weighted by molar-refractivity contribution is 7.10. The number of carbonyl (C=O) groups is 1. The number of hydrogen-bond acceptors (Lipinski definition) is 4. The first kappa shape index (κ1) is 16.7. The van der Waals surface area contributed by atoms with Crippen molar-refractivity contribution in [2.24, 2.45) is 0 Å². The van der Waals surface area contributed by atoms with Crippen LogP contribution in [0.3, 0.4) is 0 Å². The molecule has 4 nitrogen and oxygen atoms in total. The highest BCUT2D eigenvalue weighted by Crippen LogP contribution is 2.46. The number of ketones is 1. The Labute approximate surface area is 172 Å². The van der Waals surface area contributed by atoms with Gasteiger partial charge in [-0.05, 0) is 41.5 Å². The number of aromatic nitrogens is 2. The summed E-state index contributed by atoms with van der Waals surface area (Å²) in [4.78, 5) is 19.5. The summed E-state index contributed by atoms with van der Waals surface area (Å²) < 4.78 is 2.20. The number of fused-ring (bicyclic) bond motifs is 3. The Kier molecular flexibility index (Phi) is 3.71. The molecule has 2 atom stereocenters. The fourth-order valence-electron chi connectivity index (χ4n) is 4.70. The van der Waals surface area contributed by atoms with E-state index in [0.717, 1.165) is 34.7 Å². The van der Waals surface area contributed by atoms with Gasteiger partial charge in [-0.2, -0.15) is 0 Å². The number of anilines is 1. The smallest absolute Gasteiger partial charge is 0.209 e. The van der Waals surface area contributed by atoms with Gasteiger partial charge in [0.2, 0.25) is 5.95 Å². The number of hydrogen-bond donors (Lipinski definition) is 1. The highest BCUT2D eigenvalue weighted by Gasteiger charge is 2.39. The second-order valence-corrected chi connectivity index (χ2v) is 8.65. The topological polar surface area (TPSA) is 46.9 Å². The molecule has 0 saturated heterocycles. The Morgan fingerprint density at radius 1 is 0.966 bits per heavy atom. The third kappa shape index (κ3) is 2.58. The van der Waals surface area contributed by atoms with Crippen LogP contribution in [0.15, 0.2) is 83.4 Å². The van der Waals surface area contributed by atoms with Crippen molar-refractivity contribution >= 4 is 34.1 Å². The quantitative estimate of drug-likeness (QED) is 0.485. The van der Waals surface area contributed by atoms with Crippen LogP contribution in [0.1, 0.15) is 35.2 Å². The van der Waals surface area contributed by atoms with E-state index in [1.54, 1.807) is 11.3 Å². The van der Waals surface area contributed by atoms with Crippen molar-refractivity contribution in [3.8, 4) is 0 Å². The molecule has 142 valence electrons. The van der Waals surface area contributed by atoms with Gasteiger partial charge in [0.05, 0.1) is 11.0 Å². The minimum absolute atomic E-state index is 0.113. The van der Waals surface area contributed by atoms with Crippen molar-refractivity contribution in [3.05, 3.63) is 93.8 Å². The lowest BCUT2D eigenvalue weighted by molar-refractivity contribution is -0.116. The zero-order chi connectivity index (χ0) is 19.4. The molecule has 2 aromatic carbocycles. The summed E-state index contributed by atoms with van der Waals surface area (Å²) >= 11 is 1.70. The number of rotatable bonds is 2. The zero-order valence-corrected chi connectivity index (χ0v) is 16.5. The molecule has 0 unspecified atom stereocenters. The molecule has 29 heavy (non-hydrogen) atoms.